The number of hydrogen-bond donors (Lipinski definition) is 2. The quantitative estimate of drug-likeness (QED) is 0.521. The molecule has 1 saturated heterocycles. The number of benzene rings is 2. The molecule has 5 rings (SSSR count). The number of carbonyl (C=O) groups excluding carboxylic acids is 3. The van der Waals surface area contributed by atoms with Crippen LogP contribution in [0.5, 0.6) is 0 Å². The van der Waals surface area contributed by atoms with Crippen LogP contribution >= 0.6 is 11.6 Å². The van der Waals surface area contributed by atoms with Gasteiger partial charge in [-0.15, -0.1) is 0 Å². The van der Waals surface area contributed by atoms with Crippen molar-refractivity contribution < 1.29 is 23.2 Å². The Labute approximate surface area is 213 Å². The van der Waals surface area contributed by atoms with E-state index in [9.17, 15) is 18.8 Å². The van der Waals surface area contributed by atoms with E-state index < -0.39 is 23.3 Å². The molecule has 7 nitrogen and oxygen atoms in total. The number of amides is 2. The van der Waals surface area contributed by atoms with Crippen LogP contribution in [0.15, 0.2) is 52.9 Å². The number of nitrogens with one attached hydrogen (secondary N) is 2. The summed E-state index contributed by atoms with van der Waals surface area (Å²) in [5.74, 6) is -1.38. The van der Waals surface area contributed by atoms with Gasteiger partial charge in [-0.1, -0.05) is 49.1 Å². The second-order valence-corrected chi connectivity index (χ2v) is 9.98. The Morgan fingerprint density at radius 3 is 2.58 bits per heavy atom. The molecule has 0 bridgehead atoms. The Morgan fingerprint density at radius 1 is 1.08 bits per heavy atom. The summed E-state index contributed by atoms with van der Waals surface area (Å²) in [5, 5.41) is 6.91. The second-order valence-electron chi connectivity index (χ2n) is 9.54. The number of para-hydroxylation sites is 1. The second kappa shape index (κ2) is 9.93. The predicted octanol–water partition coefficient (Wildman–Crippen LogP) is 4.62. The highest BCUT2D eigenvalue weighted by Gasteiger charge is 2.43. The maximum absolute atomic E-state index is 14.3. The van der Waals surface area contributed by atoms with E-state index in [1.165, 1.54) is 6.07 Å². The minimum atomic E-state index is -1.12. The molecule has 2 heterocycles. The van der Waals surface area contributed by atoms with Crippen LogP contribution in [0.4, 0.5) is 10.1 Å². The first-order valence-electron chi connectivity index (χ1n) is 12.2. The fourth-order valence-corrected chi connectivity index (χ4v) is 5.31. The average molecular weight is 512 g/mol. The Balaban J connectivity index is 1.28. The summed E-state index contributed by atoms with van der Waals surface area (Å²) in [5.41, 5.74) is -0.216. The number of anilines is 1. The van der Waals surface area contributed by atoms with Gasteiger partial charge in [-0.3, -0.25) is 14.4 Å². The number of furan rings is 1. The largest absolute Gasteiger partial charge is 0.451 e. The van der Waals surface area contributed by atoms with Gasteiger partial charge in [-0.05, 0) is 49.6 Å². The van der Waals surface area contributed by atoms with Gasteiger partial charge in [0.15, 0.2) is 11.5 Å². The third-order valence-electron chi connectivity index (χ3n) is 7.12. The Morgan fingerprint density at radius 2 is 1.86 bits per heavy atom. The molecule has 2 fully saturated rings. The maximum Gasteiger partial charge on any atom is 0.287 e. The van der Waals surface area contributed by atoms with Gasteiger partial charge in [0.05, 0.1) is 18.3 Å². The zero-order valence-electron chi connectivity index (χ0n) is 19.7. The molecule has 1 saturated carbocycles. The summed E-state index contributed by atoms with van der Waals surface area (Å²) >= 11 is 5.84. The summed E-state index contributed by atoms with van der Waals surface area (Å²) in [4.78, 5) is 41.2. The number of ketones is 1. The van der Waals surface area contributed by atoms with E-state index in [0.29, 0.717) is 37.1 Å². The van der Waals surface area contributed by atoms with Crippen molar-refractivity contribution in [1.29, 1.82) is 0 Å². The van der Waals surface area contributed by atoms with Gasteiger partial charge in [-0.2, -0.15) is 0 Å². The molecular formula is C27H27ClFN3O4. The molecule has 188 valence electrons. The van der Waals surface area contributed by atoms with Crippen molar-refractivity contribution in [3.8, 4) is 0 Å². The molecule has 1 unspecified atom stereocenters. The predicted molar refractivity (Wildman–Crippen MR) is 135 cm³/mol. The first-order chi connectivity index (χ1) is 17.3. The number of nitrogens with zero attached hydrogens (tertiary/aromatic N) is 1. The molecule has 2 aromatic carbocycles. The van der Waals surface area contributed by atoms with Crippen molar-refractivity contribution in [2.24, 2.45) is 0 Å². The molecule has 36 heavy (non-hydrogen) atoms. The number of carbonyl (C=O) groups is 3. The van der Waals surface area contributed by atoms with Crippen LogP contribution in [-0.2, 0) is 9.59 Å². The van der Waals surface area contributed by atoms with Crippen molar-refractivity contribution in [3.05, 3.63) is 65.1 Å². The van der Waals surface area contributed by atoms with E-state index in [1.807, 2.05) is 18.2 Å². The number of rotatable bonds is 5. The van der Waals surface area contributed by atoms with E-state index in [1.54, 1.807) is 29.2 Å². The number of piperidine rings is 1. The molecule has 1 atom stereocenters. The van der Waals surface area contributed by atoms with E-state index in [4.69, 9.17) is 16.0 Å². The topological polar surface area (TPSA) is 91.7 Å². The summed E-state index contributed by atoms with van der Waals surface area (Å²) in [6.45, 7) is 0.370. The van der Waals surface area contributed by atoms with Crippen molar-refractivity contribution in [2.75, 3.05) is 18.0 Å². The molecule has 2 aliphatic rings. The van der Waals surface area contributed by atoms with Crippen molar-refractivity contribution in [1.82, 2.24) is 10.6 Å². The minimum Gasteiger partial charge on any atom is -0.451 e. The molecule has 0 spiro atoms. The van der Waals surface area contributed by atoms with Crippen molar-refractivity contribution >= 4 is 45.9 Å². The van der Waals surface area contributed by atoms with E-state index in [2.05, 4.69) is 10.6 Å². The zero-order chi connectivity index (χ0) is 25.3. The molecule has 0 radical (unpaired) electrons. The lowest BCUT2D eigenvalue weighted by molar-refractivity contribution is -0.133. The summed E-state index contributed by atoms with van der Waals surface area (Å²) < 4.78 is 20.0. The lowest BCUT2D eigenvalue weighted by Gasteiger charge is -2.39. The van der Waals surface area contributed by atoms with Crippen LogP contribution in [0.2, 0.25) is 5.02 Å². The smallest absolute Gasteiger partial charge is 0.287 e. The lowest BCUT2D eigenvalue weighted by atomic mass is 9.80. The van der Waals surface area contributed by atoms with E-state index in [0.717, 1.165) is 24.6 Å². The maximum atomic E-state index is 14.3. The Hall–Kier alpha value is -3.39. The normalized spacial score (nSPS) is 19.8. The fourth-order valence-electron chi connectivity index (χ4n) is 5.15. The number of hydrogen-bond acceptors (Lipinski definition) is 5. The highest BCUT2D eigenvalue weighted by Crippen LogP contribution is 2.31. The van der Waals surface area contributed by atoms with Gasteiger partial charge in [-0.25, -0.2) is 4.39 Å². The van der Waals surface area contributed by atoms with Crippen molar-refractivity contribution in [3.63, 3.8) is 0 Å². The van der Waals surface area contributed by atoms with Crippen LogP contribution in [0.25, 0.3) is 11.0 Å². The Kier molecular flexibility index (Phi) is 6.71. The monoisotopic (exact) mass is 511 g/mol. The van der Waals surface area contributed by atoms with Crippen LogP contribution in [-0.4, -0.2) is 42.3 Å². The van der Waals surface area contributed by atoms with Gasteiger partial charge in [0.1, 0.15) is 16.9 Å². The third-order valence-corrected chi connectivity index (χ3v) is 7.36. The minimum absolute atomic E-state index is 0.0259. The number of halogens is 2. The van der Waals surface area contributed by atoms with E-state index >= 15 is 0 Å². The molecule has 1 aliphatic carbocycles. The molecule has 9 heteroatoms. The van der Waals surface area contributed by atoms with Crippen LogP contribution in [0, 0.1) is 5.82 Å². The van der Waals surface area contributed by atoms with Gasteiger partial charge < -0.3 is 20.0 Å². The molecular weight excluding hydrogens is 485 g/mol. The first kappa shape index (κ1) is 24.3. The van der Waals surface area contributed by atoms with Gasteiger partial charge in [0.2, 0.25) is 5.91 Å². The highest BCUT2D eigenvalue weighted by molar-refractivity contribution is 6.30. The SMILES string of the molecule is O=C(NC1(C(=O)NC2CCN(c3ccc(Cl)cc3F)CC2=O)CCCCC1)c1cc2ccccc2o1. The number of Topliss-reactive ketones (excluding diaryl/α,β-unsaturated/α-hetero) is 1. The fraction of sp³-hybridized carbons (Fsp3) is 0.370. The summed E-state index contributed by atoms with van der Waals surface area (Å²) in [6, 6.07) is 12.6. The standard InChI is InChI=1S/C27H27ClFN3O4/c28-18-8-9-21(19(29)15-18)32-13-10-20(22(33)16-32)30-26(35)27(11-4-1-5-12-27)31-25(34)24-14-17-6-2-3-7-23(17)36-24/h2-3,6-9,14-15,20H,1,4-5,10-13,16H2,(H,30,35)(H,31,34). The lowest BCUT2D eigenvalue weighted by Crippen LogP contribution is -2.63. The molecule has 1 aromatic heterocycles. The van der Waals surface area contributed by atoms with E-state index in [-0.39, 0.29) is 29.0 Å². The van der Waals surface area contributed by atoms with Crippen LogP contribution in [0.3, 0.4) is 0 Å². The Bertz CT molecular complexity index is 1280. The summed E-state index contributed by atoms with van der Waals surface area (Å²) in [6.07, 6.45) is 3.84. The third kappa shape index (κ3) is 4.82. The van der Waals surface area contributed by atoms with Gasteiger partial charge >= 0.3 is 0 Å². The summed E-state index contributed by atoms with van der Waals surface area (Å²) in [7, 11) is 0. The molecule has 1 aliphatic heterocycles. The van der Waals surface area contributed by atoms with Crippen molar-refractivity contribution in [2.45, 2.75) is 50.1 Å². The van der Waals surface area contributed by atoms with Gasteiger partial charge in [0, 0.05) is 17.0 Å². The molecule has 2 amide bonds. The molecule has 3 aromatic rings. The van der Waals surface area contributed by atoms with Gasteiger partial charge in [0.25, 0.3) is 5.91 Å². The average Bonchev–Trinajstić information content (AvgIpc) is 3.31. The number of fused-ring (bicyclic) bond motifs is 1. The highest BCUT2D eigenvalue weighted by atomic mass is 35.5. The van der Waals surface area contributed by atoms with Crippen LogP contribution in [0.1, 0.15) is 49.1 Å². The molecule has 2 N–H and O–H groups in total. The zero-order valence-corrected chi connectivity index (χ0v) is 20.4. The first-order valence-corrected chi connectivity index (χ1v) is 12.6. The van der Waals surface area contributed by atoms with Crippen LogP contribution < -0.4 is 15.5 Å².